The third-order valence-corrected chi connectivity index (χ3v) is 5.10. The van der Waals surface area contributed by atoms with Gasteiger partial charge in [-0.25, -0.2) is 8.78 Å². The molecule has 0 fully saturated rings. The van der Waals surface area contributed by atoms with Gasteiger partial charge in [0.25, 0.3) is 5.91 Å². The minimum absolute atomic E-state index is 0.000964. The van der Waals surface area contributed by atoms with Crippen LogP contribution in [-0.4, -0.2) is 17.6 Å². The zero-order valence-electron chi connectivity index (χ0n) is 12.8. The summed E-state index contributed by atoms with van der Waals surface area (Å²) >= 11 is 1.45. The molecule has 124 valence electrons. The number of nitrogens with one attached hydrogen (secondary N) is 1. The van der Waals surface area contributed by atoms with Crippen molar-refractivity contribution in [3.05, 3.63) is 70.6 Å². The molecule has 1 aromatic heterocycles. The van der Waals surface area contributed by atoms with Crippen molar-refractivity contribution in [2.24, 2.45) is 0 Å². The smallest absolute Gasteiger partial charge is 0.251 e. The first-order valence-corrected chi connectivity index (χ1v) is 8.13. The number of carbonyl (C=O) groups is 1. The number of rotatable bonds is 4. The Labute approximate surface area is 141 Å². The van der Waals surface area contributed by atoms with E-state index in [1.54, 1.807) is 6.92 Å². The van der Waals surface area contributed by atoms with E-state index in [0.717, 1.165) is 22.2 Å². The summed E-state index contributed by atoms with van der Waals surface area (Å²) in [5, 5.41) is 14.2. The van der Waals surface area contributed by atoms with E-state index in [9.17, 15) is 18.7 Å². The van der Waals surface area contributed by atoms with Gasteiger partial charge in [0.2, 0.25) is 0 Å². The minimum Gasteiger partial charge on any atom is -0.383 e. The van der Waals surface area contributed by atoms with Crippen LogP contribution in [-0.2, 0) is 5.60 Å². The van der Waals surface area contributed by atoms with E-state index >= 15 is 0 Å². The summed E-state index contributed by atoms with van der Waals surface area (Å²) in [7, 11) is 0. The van der Waals surface area contributed by atoms with Gasteiger partial charge < -0.3 is 10.4 Å². The summed E-state index contributed by atoms with van der Waals surface area (Å²) in [6.07, 6.45) is 0. The fourth-order valence-corrected chi connectivity index (χ4v) is 3.43. The van der Waals surface area contributed by atoms with Gasteiger partial charge in [0.15, 0.2) is 11.6 Å². The van der Waals surface area contributed by atoms with Crippen molar-refractivity contribution in [3.63, 3.8) is 0 Å². The van der Waals surface area contributed by atoms with Gasteiger partial charge in [-0.15, -0.1) is 11.3 Å². The predicted octanol–water partition coefficient (Wildman–Crippen LogP) is 3.82. The lowest BCUT2D eigenvalue weighted by Gasteiger charge is -2.22. The zero-order chi connectivity index (χ0) is 17.3. The van der Waals surface area contributed by atoms with E-state index in [0.29, 0.717) is 4.88 Å². The van der Waals surface area contributed by atoms with Crippen LogP contribution in [0.3, 0.4) is 0 Å². The lowest BCUT2D eigenvalue weighted by atomic mass is 10.0. The number of halogens is 2. The Morgan fingerprint density at radius 3 is 2.62 bits per heavy atom. The Morgan fingerprint density at radius 2 is 1.92 bits per heavy atom. The van der Waals surface area contributed by atoms with Gasteiger partial charge in [0.1, 0.15) is 5.60 Å². The van der Waals surface area contributed by atoms with Gasteiger partial charge >= 0.3 is 0 Å². The zero-order valence-corrected chi connectivity index (χ0v) is 13.7. The van der Waals surface area contributed by atoms with Gasteiger partial charge in [-0.1, -0.05) is 18.2 Å². The SMILES string of the molecule is C[C@](O)(CNC(=O)c1ccc(F)c(F)c1)c1cc2ccccc2s1. The number of carbonyl (C=O) groups excluding carboxylic acids is 1. The molecule has 0 saturated carbocycles. The lowest BCUT2D eigenvalue weighted by molar-refractivity contribution is 0.0557. The molecule has 2 N–H and O–H groups in total. The molecule has 2 aromatic carbocycles. The van der Waals surface area contributed by atoms with Crippen LogP contribution in [0.1, 0.15) is 22.2 Å². The Morgan fingerprint density at radius 1 is 1.17 bits per heavy atom. The van der Waals surface area contributed by atoms with Gasteiger partial charge in [-0.3, -0.25) is 4.79 Å². The number of amides is 1. The first-order valence-electron chi connectivity index (χ1n) is 7.31. The quantitative estimate of drug-likeness (QED) is 0.754. The summed E-state index contributed by atoms with van der Waals surface area (Å²) in [5.41, 5.74) is -1.26. The highest BCUT2D eigenvalue weighted by molar-refractivity contribution is 7.19. The second kappa shape index (κ2) is 6.30. The molecule has 1 atom stereocenters. The monoisotopic (exact) mass is 347 g/mol. The summed E-state index contributed by atoms with van der Waals surface area (Å²) in [4.78, 5) is 12.8. The van der Waals surface area contributed by atoms with Gasteiger partial charge in [0, 0.05) is 15.1 Å². The maximum Gasteiger partial charge on any atom is 0.251 e. The number of hydrogen-bond donors (Lipinski definition) is 2. The van der Waals surface area contributed by atoms with Crippen molar-refractivity contribution in [2.45, 2.75) is 12.5 Å². The molecule has 1 heterocycles. The van der Waals surface area contributed by atoms with Crippen molar-refractivity contribution in [1.29, 1.82) is 0 Å². The van der Waals surface area contributed by atoms with Gasteiger partial charge in [-0.05, 0) is 42.6 Å². The van der Waals surface area contributed by atoms with Crippen LogP contribution in [0.15, 0.2) is 48.5 Å². The Balaban J connectivity index is 1.74. The standard InChI is InChI=1S/C18H15F2NO2S/c1-18(23,16-9-11-4-2-3-5-15(11)24-16)10-21-17(22)12-6-7-13(19)14(20)8-12/h2-9,23H,10H2,1H3,(H,21,22)/t18-/m0/s1. The summed E-state index contributed by atoms with van der Waals surface area (Å²) in [6.45, 7) is 1.56. The Kier molecular flexibility index (Phi) is 4.34. The Bertz CT molecular complexity index is 872. The van der Waals surface area contributed by atoms with E-state index in [1.807, 2.05) is 30.3 Å². The molecule has 0 aliphatic carbocycles. The number of benzene rings is 2. The maximum absolute atomic E-state index is 13.2. The topological polar surface area (TPSA) is 49.3 Å². The lowest BCUT2D eigenvalue weighted by Crippen LogP contribution is -2.38. The first-order chi connectivity index (χ1) is 11.4. The van der Waals surface area contributed by atoms with E-state index in [-0.39, 0.29) is 12.1 Å². The van der Waals surface area contributed by atoms with Gasteiger partial charge in [-0.2, -0.15) is 0 Å². The van der Waals surface area contributed by atoms with Crippen molar-refractivity contribution in [1.82, 2.24) is 5.32 Å². The van der Waals surface area contributed by atoms with Crippen LogP contribution in [0.25, 0.3) is 10.1 Å². The molecule has 3 aromatic rings. The minimum atomic E-state index is -1.27. The molecule has 6 heteroatoms. The molecule has 0 aliphatic heterocycles. The van der Waals surface area contributed by atoms with E-state index in [4.69, 9.17) is 0 Å². The third kappa shape index (κ3) is 3.29. The number of aliphatic hydroxyl groups is 1. The van der Waals surface area contributed by atoms with Crippen LogP contribution in [0.5, 0.6) is 0 Å². The van der Waals surface area contributed by atoms with Crippen LogP contribution in [0, 0.1) is 11.6 Å². The highest BCUT2D eigenvalue weighted by Crippen LogP contribution is 2.32. The van der Waals surface area contributed by atoms with Crippen molar-refractivity contribution in [3.8, 4) is 0 Å². The summed E-state index contributed by atoms with van der Waals surface area (Å²) in [5.74, 6) is -2.67. The third-order valence-electron chi connectivity index (χ3n) is 3.73. The molecular formula is C18H15F2NO2S. The molecule has 24 heavy (non-hydrogen) atoms. The van der Waals surface area contributed by atoms with Crippen LogP contribution >= 0.6 is 11.3 Å². The van der Waals surface area contributed by atoms with E-state index in [1.165, 1.54) is 17.4 Å². The highest BCUT2D eigenvalue weighted by Gasteiger charge is 2.26. The average molecular weight is 347 g/mol. The van der Waals surface area contributed by atoms with Gasteiger partial charge in [0.05, 0.1) is 6.54 Å². The molecule has 3 rings (SSSR count). The van der Waals surface area contributed by atoms with Crippen molar-refractivity contribution >= 4 is 27.3 Å². The highest BCUT2D eigenvalue weighted by atomic mass is 32.1. The maximum atomic E-state index is 13.2. The fraction of sp³-hybridized carbons (Fsp3) is 0.167. The number of hydrogen-bond acceptors (Lipinski definition) is 3. The second-order valence-electron chi connectivity index (χ2n) is 5.73. The molecule has 1 amide bonds. The molecule has 0 spiro atoms. The van der Waals surface area contributed by atoms with Crippen LogP contribution in [0.4, 0.5) is 8.78 Å². The fourth-order valence-electron chi connectivity index (χ4n) is 2.33. The molecule has 3 nitrogen and oxygen atoms in total. The van der Waals surface area contributed by atoms with E-state index < -0.39 is 23.1 Å². The normalized spacial score (nSPS) is 13.7. The van der Waals surface area contributed by atoms with Crippen molar-refractivity contribution < 1.29 is 18.7 Å². The summed E-state index contributed by atoms with van der Waals surface area (Å²) < 4.78 is 27.2. The first kappa shape index (κ1) is 16.5. The average Bonchev–Trinajstić information content (AvgIpc) is 3.00. The number of fused-ring (bicyclic) bond motifs is 1. The van der Waals surface area contributed by atoms with Crippen LogP contribution < -0.4 is 5.32 Å². The predicted molar refractivity (Wildman–Crippen MR) is 90.1 cm³/mol. The number of thiophene rings is 1. The molecular weight excluding hydrogens is 332 g/mol. The molecule has 0 bridgehead atoms. The van der Waals surface area contributed by atoms with Crippen molar-refractivity contribution in [2.75, 3.05) is 6.54 Å². The largest absolute Gasteiger partial charge is 0.383 e. The van der Waals surface area contributed by atoms with E-state index in [2.05, 4.69) is 5.32 Å². The molecule has 0 aliphatic rings. The molecule has 0 saturated heterocycles. The summed E-state index contributed by atoms with van der Waals surface area (Å²) in [6, 6.07) is 12.5. The second-order valence-corrected chi connectivity index (χ2v) is 6.82. The Hall–Kier alpha value is -2.31. The molecule has 0 unspecified atom stereocenters. The van der Waals surface area contributed by atoms with Crippen LogP contribution in [0.2, 0.25) is 0 Å². The molecule has 0 radical (unpaired) electrons.